The zero-order chi connectivity index (χ0) is 15.0. The molecule has 0 atom stereocenters. The van der Waals surface area contributed by atoms with Crippen LogP contribution in [0.15, 0.2) is 18.2 Å². The van der Waals surface area contributed by atoms with E-state index in [4.69, 9.17) is 17.0 Å². The van der Waals surface area contributed by atoms with Crippen LogP contribution in [0.5, 0.6) is 5.75 Å². The van der Waals surface area contributed by atoms with Crippen molar-refractivity contribution in [3.8, 4) is 5.75 Å². The summed E-state index contributed by atoms with van der Waals surface area (Å²) in [6.45, 7) is 6.89. The molecule has 0 spiro atoms. The summed E-state index contributed by atoms with van der Waals surface area (Å²) in [5.74, 6) is 2.27. The molecule has 0 bridgehead atoms. The van der Waals surface area contributed by atoms with Gasteiger partial charge in [0.1, 0.15) is 12.4 Å². The first kappa shape index (κ1) is 14.3. The topological polar surface area (TPSA) is 42.8 Å². The van der Waals surface area contributed by atoms with Gasteiger partial charge in [-0.25, -0.2) is 0 Å². The normalized spacial score (nSPS) is 14.7. The molecule has 112 valence electrons. The van der Waals surface area contributed by atoms with Gasteiger partial charge in [-0.2, -0.15) is 5.10 Å². The van der Waals surface area contributed by atoms with E-state index in [0.29, 0.717) is 23.3 Å². The highest BCUT2D eigenvalue weighted by molar-refractivity contribution is 7.71. The van der Waals surface area contributed by atoms with Gasteiger partial charge in [-0.1, -0.05) is 26.0 Å². The number of hydrogen-bond acceptors (Lipinski definition) is 3. The lowest BCUT2D eigenvalue weighted by atomic mass is 10.0. The highest BCUT2D eigenvalue weighted by atomic mass is 32.1. The van der Waals surface area contributed by atoms with E-state index in [9.17, 15) is 0 Å². The lowest BCUT2D eigenvalue weighted by molar-refractivity contribution is 0.284. The average molecular weight is 303 g/mol. The predicted molar refractivity (Wildman–Crippen MR) is 85.3 cm³/mol. The summed E-state index contributed by atoms with van der Waals surface area (Å²) < 4.78 is 8.84. The summed E-state index contributed by atoms with van der Waals surface area (Å²) in [5, 5.41) is 7.19. The molecule has 1 aromatic carbocycles. The maximum atomic E-state index is 6.05. The first-order valence-corrected chi connectivity index (χ1v) is 7.86. The van der Waals surface area contributed by atoms with Crippen LogP contribution in [0.2, 0.25) is 0 Å². The molecule has 5 heteroatoms. The van der Waals surface area contributed by atoms with E-state index >= 15 is 0 Å². The van der Waals surface area contributed by atoms with E-state index in [2.05, 4.69) is 53.7 Å². The Kier molecular flexibility index (Phi) is 3.85. The number of H-pyrrole nitrogens is 1. The van der Waals surface area contributed by atoms with Gasteiger partial charge in [-0.05, 0) is 55.1 Å². The summed E-state index contributed by atoms with van der Waals surface area (Å²) >= 11 is 5.30. The minimum Gasteiger partial charge on any atom is -0.485 e. The third-order valence-electron chi connectivity index (χ3n) is 3.84. The van der Waals surface area contributed by atoms with Crippen molar-refractivity contribution in [3.05, 3.63) is 39.9 Å². The Balaban J connectivity index is 1.82. The molecule has 0 saturated heterocycles. The van der Waals surface area contributed by atoms with Crippen molar-refractivity contribution in [2.75, 3.05) is 0 Å². The van der Waals surface area contributed by atoms with Crippen molar-refractivity contribution in [2.45, 2.75) is 52.2 Å². The number of rotatable bonds is 5. The Morgan fingerprint density at radius 2 is 2.19 bits per heavy atom. The van der Waals surface area contributed by atoms with E-state index in [1.54, 1.807) is 0 Å². The van der Waals surface area contributed by atoms with Crippen molar-refractivity contribution >= 4 is 12.2 Å². The fourth-order valence-electron chi connectivity index (χ4n) is 2.53. The van der Waals surface area contributed by atoms with Gasteiger partial charge >= 0.3 is 0 Å². The molecule has 1 aliphatic rings. The largest absolute Gasteiger partial charge is 0.485 e. The van der Waals surface area contributed by atoms with Crippen molar-refractivity contribution in [3.63, 3.8) is 0 Å². The monoisotopic (exact) mass is 303 g/mol. The highest BCUT2D eigenvalue weighted by Gasteiger charge is 2.27. The highest BCUT2D eigenvalue weighted by Crippen LogP contribution is 2.36. The number of aromatic nitrogens is 3. The Labute approximate surface area is 130 Å². The minimum absolute atomic E-state index is 0.435. The van der Waals surface area contributed by atoms with Crippen molar-refractivity contribution in [1.29, 1.82) is 0 Å². The third-order valence-corrected chi connectivity index (χ3v) is 4.13. The Morgan fingerprint density at radius 3 is 2.86 bits per heavy atom. The van der Waals surface area contributed by atoms with Crippen LogP contribution in [0.25, 0.3) is 0 Å². The molecule has 1 fully saturated rings. The number of aromatic amines is 1. The summed E-state index contributed by atoms with van der Waals surface area (Å²) in [7, 11) is 0. The summed E-state index contributed by atoms with van der Waals surface area (Å²) in [6.07, 6.45) is 2.37. The molecule has 4 nitrogen and oxygen atoms in total. The molecular formula is C16H21N3OS. The molecule has 1 aliphatic carbocycles. The van der Waals surface area contributed by atoms with E-state index in [1.165, 1.54) is 24.0 Å². The molecule has 0 unspecified atom stereocenters. The standard InChI is InChI=1S/C16H21N3OS/c1-10(2)13-7-4-11(3)8-14(13)20-9-15-17-18-16(21)19(15)12-5-6-12/h4,7-8,10,12H,5-6,9H2,1-3H3,(H,18,21). The fraction of sp³-hybridized carbons (Fsp3) is 0.500. The van der Waals surface area contributed by atoms with Crippen LogP contribution in [-0.2, 0) is 6.61 Å². The number of nitrogens with zero attached hydrogens (tertiary/aromatic N) is 2. The zero-order valence-corrected chi connectivity index (χ0v) is 13.5. The van der Waals surface area contributed by atoms with Crippen LogP contribution in [-0.4, -0.2) is 14.8 Å². The zero-order valence-electron chi connectivity index (χ0n) is 12.7. The quantitative estimate of drug-likeness (QED) is 0.838. The fourth-order valence-corrected chi connectivity index (χ4v) is 2.83. The number of ether oxygens (including phenoxy) is 1. The summed E-state index contributed by atoms with van der Waals surface area (Å²) in [5.41, 5.74) is 2.43. The van der Waals surface area contributed by atoms with Crippen LogP contribution in [0, 0.1) is 11.7 Å². The van der Waals surface area contributed by atoms with Gasteiger partial charge in [0.05, 0.1) is 0 Å². The second-order valence-electron chi connectivity index (χ2n) is 6.03. The first-order chi connectivity index (χ1) is 10.1. The van der Waals surface area contributed by atoms with Gasteiger partial charge in [0, 0.05) is 6.04 Å². The molecule has 0 radical (unpaired) electrons. The molecule has 21 heavy (non-hydrogen) atoms. The minimum atomic E-state index is 0.435. The summed E-state index contributed by atoms with van der Waals surface area (Å²) in [4.78, 5) is 0. The third kappa shape index (κ3) is 3.02. The van der Waals surface area contributed by atoms with Gasteiger partial charge in [-0.15, -0.1) is 0 Å². The number of aryl methyl sites for hydroxylation is 1. The van der Waals surface area contributed by atoms with Crippen molar-refractivity contribution in [2.24, 2.45) is 0 Å². The van der Waals surface area contributed by atoms with E-state index in [-0.39, 0.29) is 0 Å². The molecule has 1 saturated carbocycles. The number of hydrogen-bond donors (Lipinski definition) is 1. The summed E-state index contributed by atoms with van der Waals surface area (Å²) in [6, 6.07) is 6.88. The smallest absolute Gasteiger partial charge is 0.195 e. The van der Waals surface area contributed by atoms with E-state index < -0.39 is 0 Å². The van der Waals surface area contributed by atoms with Crippen LogP contribution in [0.1, 0.15) is 55.6 Å². The van der Waals surface area contributed by atoms with Crippen LogP contribution in [0.4, 0.5) is 0 Å². The van der Waals surface area contributed by atoms with Gasteiger partial charge in [0.25, 0.3) is 0 Å². The SMILES string of the molecule is Cc1ccc(C(C)C)c(OCc2n[nH]c(=S)n2C2CC2)c1. The maximum Gasteiger partial charge on any atom is 0.195 e. The Hall–Kier alpha value is -1.62. The Morgan fingerprint density at radius 1 is 1.43 bits per heavy atom. The van der Waals surface area contributed by atoms with Crippen LogP contribution < -0.4 is 4.74 Å². The average Bonchev–Trinajstić information content (AvgIpc) is 3.20. The van der Waals surface area contributed by atoms with Gasteiger partial charge < -0.3 is 4.74 Å². The van der Waals surface area contributed by atoms with Crippen LogP contribution >= 0.6 is 12.2 Å². The molecule has 2 aromatic rings. The maximum absolute atomic E-state index is 6.05. The molecule has 1 aromatic heterocycles. The second kappa shape index (κ2) is 5.64. The Bertz CT molecular complexity index is 698. The van der Waals surface area contributed by atoms with Gasteiger partial charge in [0.15, 0.2) is 10.6 Å². The number of benzene rings is 1. The predicted octanol–water partition coefficient (Wildman–Crippen LogP) is 4.29. The van der Waals surface area contributed by atoms with E-state index in [0.717, 1.165) is 11.6 Å². The lowest BCUT2D eigenvalue weighted by Crippen LogP contribution is -2.07. The molecule has 0 aliphatic heterocycles. The van der Waals surface area contributed by atoms with Crippen molar-refractivity contribution in [1.82, 2.24) is 14.8 Å². The molecular weight excluding hydrogens is 282 g/mol. The molecule has 1 heterocycles. The van der Waals surface area contributed by atoms with Gasteiger partial charge in [-0.3, -0.25) is 9.67 Å². The van der Waals surface area contributed by atoms with Crippen LogP contribution in [0.3, 0.4) is 0 Å². The van der Waals surface area contributed by atoms with Crippen molar-refractivity contribution < 1.29 is 4.74 Å². The number of nitrogens with one attached hydrogen (secondary N) is 1. The molecule has 1 N–H and O–H groups in total. The second-order valence-corrected chi connectivity index (χ2v) is 6.42. The lowest BCUT2D eigenvalue weighted by Gasteiger charge is -2.15. The molecule has 3 rings (SSSR count). The van der Waals surface area contributed by atoms with Gasteiger partial charge in [0.2, 0.25) is 0 Å². The molecule has 0 amide bonds. The van der Waals surface area contributed by atoms with E-state index in [1.807, 2.05) is 0 Å². The first-order valence-electron chi connectivity index (χ1n) is 7.45.